The topological polar surface area (TPSA) is 30.7 Å². The Morgan fingerprint density at radius 1 is 1.29 bits per heavy atom. The average molecular weight is 385 g/mol. The number of imidazole rings is 1. The first-order valence-corrected chi connectivity index (χ1v) is 8.16. The van der Waals surface area contributed by atoms with Crippen molar-refractivity contribution in [2.75, 3.05) is 5.88 Å². The van der Waals surface area contributed by atoms with Crippen molar-refractivity contribution in [1.82, 2.24) is 14.5 Å². The summed E-state index contributed by atoms with van der Waals surface area (Å²) in [5.41, 5.74) is 3.74. The van der Waals surface area contributed by atoms with Crippen molar-refractivity contribution < 1.29 is 0 Å². The number of halogens is 3. The summed E-state index contributed by atoms with van der Waals surface area (Å²) in [5.74, 6) is 1.39. The molecule has 0 fully saturated rings. The molecule has 3 aromatic rings. The largest absolute Gasteiger partial charge is 0.280 e. The zero-order chi connectivity index (χ0) is 15.0. The van der Waals surface area contributed by atoms with Gasteiger partial charge in [-0.2, -0.15) is 0 Å². The fraction of sp³-hybridized carbons (Fsp3) is 0.200. The molecule has 0 aliphatic carbocycles. The lowest BCUT2D eigenvalue weighted by molar-refractivity contribution is 0.900. The van der Waals surface area contributed by atoms with E-state index in [9.17, 15) is 0 Å². The van der Waals surface area contributed by atoms with Gasteiger partial charge in [0.05, 0.1) is 5.69 Å². The summed E-state index contributed by atoms with van der Waals surface area (Å²) in [6.07, 6.45) is 2.44. The van der Waals surface area contributed by atoms with Gasteiger partial charge >= 0.3 is 0 Å². The van der Waals surface area contributed by atoms with Crippen LogP contribution in [0.15, 0.2) is 34.9 Å². The van der Waals surface area contributed by atoms with Gasteiger partial charge in [-0.3, -0.25) is 4.57 Å². The van der Waals surface area contributed by atoms with Crippen molar-refractivity contribution in [1.29, 1.82) is 0 Å². The molecule has 2 heterocycles. The van der Waals surface area contributed by atoms with Crippen molar-refractivity contribution in [3.05, 3.63) is 51.3 Å². The molecule has 3 rings (SSSR count). The Morgan fingerprint density at radius 3 is 2.86 bits per heavy atom. The number of fused-ring (bicyclic) bond motifs is 1. The van der Waals surface area contributed by atoms with Gasteiger partial charge in [0, 0.05) is 28.0 Å². The highest BCUT2D eigenvalue weighted by Gasteiger charge is 2.15. The summed E-state index contributed by atoms with van der Waals surface area (Å²) in [6.45, 7) is 2.04. The van der Waals surface area contributed by atoms with E-state index in [0.717, 1.165) is 32.7 Å². The second-order valence-corrected chi connectivity index (χ2v) is 6.46. The molecule has 0 unspecified atom stereocenters. The Kier molecular flexibility index (Phi) is 4.20. The van der Waals surface area contributed by atoms with Gasteiger partial charge in [-0.1, -0.05) is 17.7 Å². The van der Waals surface area contributed by atoms with E-state index >= 15 is 0 Å². The Morgan fingerprint density at radius 2 is 2.10 bits per heavy atom. The molecular weight excluding hydrogens is 373 g/mol. The van der Waals surface area contributed by atoms with Gasteiger partial charge in [0.1, 0.15) is 11.3 Å². The van der Waals surface area contributed by atoms with Crippen LogP contribution in [0.5, 0.6) is 0 Å². The number of benzene rings is 1. The number of rotatable bonds is 3. The maximum Gasteiger partial charge on any atom is 0.164 e. The van der Waals surface area contributed by atoms with Crippen molar-refractivity contribution in [2.24, 2.45) is 0 Å². The highest BCUT2D eigenvalue weighted by molar-refractivity contribution is 9.10. The Labute approximate surface area is 141 Å². The molecule has 0 spiro atoms. The zero-order valence-electron chi connectivity index (χ0n) is 11.3. The number of aromatic nitrogens is 3. The molecule has 1 aromatic carbocycles. The minimum absolute atomic E-state index is 0.504. The van der Waals surface area contributed by atoms with Crippen molar-refractivity contribution in [2.45, 2.75) is 13.3 Å². The predicted octanol–water partition coefficient (Wildman–Crippen LogP) is 4.93. The van der Waals surface area contributed by atoms with Crippen molar-refractivity contribution in [3.63, 3.8) is 0 Å². The number of aryl methyl sites for hydroxylation is 2. The minimum atomic E-state index is 0.504. The number of hydrogen-bond donors (Lipinski definition) is 0. The summed E-state index contributed by atoms with van der Waals surface area (Å²) >= 11 is 15.5. The van der Waals surface area contributed by atoms with E-state index in [1.165, 1.54) is 0 Å². The summed E-state index contributed by atoms with van der Waals surface area (Å²) in [7, 11) is 0. The molecule has 2 aromatic heterocycles. The maximum absolute atomic E-state index is 6.15. The lowest BCUT2D eigenvalue weighted by Crippen LogP contribution is -2.04. The number of pyridine rings is 1. The van der Waals surface area contributed by atoms with Crippen LogP contribution in [0.1, 0.15) is 11.4 Å². The quantitative estimate of drug-likeness (QED) is 0.599. The van der Waals surface area contributed by atoms with E-state index in [1.807, 2.05) is 35.8 Å². The summed E-state index contributed by atoms with van der Waals surface area (Å²) in [4.78, 5) is 9.15. The van der Waals surface area contributed by atoms with Crippen molar-refractivity contribution in [3.8, 4) is 5.69 Å². The third-order valence-corrected chi connectivity index (χ3v) is 4.12. The van der Waals surface area contributed by atoms with Gasteiger partial charge in [0.15, 0.2) is 5.65 Å². The Hall–Kier alpha value is -1.10. The molecule has 0 radical (unpaired) electrons. The molecule has 3 nitrogen and oxygen atoms in total. The molecule has 108 valence electrons. The van der Waals surface area contributed by atoms with Crippen LogP contribution in [0.2, 0.25) is 5.02 Å². The van der Waals surface area contributed by atoms with Crippen LogP contribution in [0.4, 0.5) is 0 Å². The molecule has 0 bridgehead atoms. The van der Waals surface area contributed by atoms with Crippen LogP contribution in [-0.4, -0.2) is 20.4 Å². The standard InChI is InChI=1S/C15H12BrCl2N3/c1-9-2-3-11(18)7-13(9)21-14(4-5-17)20-12-6-10(16)8-19-15(12)21/h2-3,6-8H,4-5H2,1H3. The van der Waals surface area contributed by atoms with E-state index in [0.29, 0.717) is 17.3 Å². The third kappa shape index (κ3) is 2.80. The molecule has 21 heavy (non-hydrogen) atoms. The SMILES string of the molecule is Cc1ccc(Cl)cc1-n1c(CCCl)nc2cc(Br)cnc21. The van der Waals surface area contributed by atoms with Crippen LogP contribution in [0.3, 0.4) is 0 Å². The molecule has 0 amide bonds. The normalized spacial score (nSPS) is 11.2. The molecule has 6 heteroatoms. The van der Waals surface area contributed by atoms with Gasteiger partial charge in [0.2, 0.25) is 0 Å². The highest BCUT2D eigenvalue weighted by atomic mass is 79.9. The smallest absolute Gasteiger partial charge is 0.164 e. The lowest BCUT2D eigenvalue weighted by Gasteiger charge is -2.11. The van der Waals surface area contributed by atoms with E-state index in [-0.39, 0.29) is 0 Å². The van der Waals surface area contributed by atoms with Gasteiger partial charge in [-0.25, -0.2) is 9.97 Å². The van der Waals surface area contributed by atoms with Crippen LogP contribution >= 0.6 is 39.1 Å². The molecule has 0 atom stereocenters. The first kappa shape index (κ1) is 14.8. The Bertz CT molecular complexity index is 814. The van der Waals surface area contributed by atoms with Gasteiger partial charge in [-0.15, -0.1) is 11.6 Å². The lowest BCUT2D eigenvalue weighted by atomic mass is 10.2. The van der Waals surface area contributed by atoms with Crippen molar-refractivity contribution >= 4 is 50.3 Å². The minimum Gasteiger partial charge on any atom is -0.280 e. The fourth-order valence-electron chi connectivity index (χ4n) is 2.32. The molecule has 0 aliphatic heterocycles. The van der Waals surface area contributed by atoms with E-state index in [2.05, 4.69) is 25.9 Å². The van der Waals surface area contributed by atoms with Crippen LogP contribution in [0, 0.1) is 6.92 Å². The van der Waals surface area contributed by atoms with E-state index < -0.39 is 0 Å². The molecule has 0 N–H and O–H groups in total. The molecule has 0 saturated heterocycles. The first-order chi connectivity index (χ1) is 10.1. The third-order valence-electron chi connectivity index (χ3n) is 3.26. The molecule has 0 aliphatic rings. The maximum atomic E-state index is 6.15. The predicted molar refractivity (Wildman–Crippen MR) is 90.7 cm³/mol. The van der Waals surface area contributed by atoms with Crippen LogP contribution in [0.25, 0.3) is 16.9 Å². The fourth-order valence-corrected chi connectivity index (χ4v) is 2.97. The molecule has 0 saturated carbocycles. The zero-order valence-corrected chi connectivity index (χ0v) is 14.4. The summed E-state index contributed by atoms with van der Waals surface area (Å²) < 4.78 is 2.94. The van der Waals surface area contributed by atoms with Gasteiger partial charge in [0.25, 0.3) is 0 Å². The average Bonchev–Trinajstić information content (AvgIpc) is 2.79. The van der Waals surface area contributed by atoms with E-state index in [1.54, 1.807) is 6.20 Å². The first-order valence-electron chi connectivity index (χ1n) is 6.45. The van der Waals surface area contributed by atoms with Crippen LogP contribution < -0.4 is 0 Å². The molecular formula is C15H12BrCl2N3. The van der Waals surface area contributed by atoms with Crippen LogP contribution in [-0.2, 0) is 6.42 Å². The Balaban J connectivity index is 2.33. The second kappa shape index (κ2) is 5.95. The number of alkyl halides is 1. The second-order valence-electron chi connectivity index (χ2n) is 4.73. The summed E-state index contributed by atoms with van der Waals surface area (Å²) in [6, 6.07) is 7.76. The number of nitrogens with zero attached hydrogens (tertiary/aromatic N) is 3. The highest BCUT2D eigenvalue weighted by Crippen LogP contribution is 2.26. The van der Waals surface area contributed by atoms with E-state index in [4.69, 9.17) is 23.2 Å². The number of hydrogen-bond acceptors (Lipinski definition) is 2. The van der Waals surface area contributed by atoms with Gasteiger partial charge in [-0.05, 0) is 46.6 Å². The monoisotopic (exact) mass is 383 g/mol. The summed E-state index contributed by atoms with van der Waals surface area (Å²) in [5, 5.41) is 0.686. The van der Waals surface area contributed by atoms with Gasteiger partial charge < -0.3 is 0 Å².